The third-order valence-corrected chi connectivity index (χ3v) is 6.16. The molecule has 0 saturated heterocycles. The molecule has 1 N–H and O–H groups in total. The Morgan fingerprint density at radius 3 is 2.56 bits per heavy atom. The maximum atomic E-state index is 12.8. The SMILES string of the molecule is C=C(N=C(Cc1ccc(OC)c(C)c1)OC(C)CC)C(=O)NCC/C(=C/CC)c1cc(Cl)ccc1C. The van der Waals surface area contributed by atoms with Crippen molar-refractivity contribution >= 4 is 29.0 Å². The highest BCUT2D eigenvalue weighted by molar-refractivity contribution is 6.30. The highest BCUT2D eigenvalue weighted by Gasteiger charge is 2.14. The van der Waals surface area contributed by atoms with Gasteiger partial charge in [-0.1, -0.05) is 56.3 Å². The van der Waals surface area contributed by atoms with Crippen LogP contribution in [0.3, 0.4) is 0 Å². The number of hydrogen-bond donors (Lipinski definition) is 1. The Bertz CT molecular complexity index is 1120. The lowest BCUT2D eigenvalue weighted by atomic mass is 9.97. The zero-order valence-electron chi connectivity index (χ0n) is 22.4. The van der Waals surface area contributed by atoms with Crippen LogP contribution < -0.4 is 10.1 Å². The third kappa shape index (κ3) is 8.87. The average molecular weight is 511 g/mol. The summed E-state index contributed by atoms with van der Waals surface area (Å²) in [5, 5.41) is 3.64. The molecule has 0 bridgehead atoms. The van der Waals surface area contributed by atoms with Crippen LogP contribution in [-0.2, 0) is 16.0 Å². The van der Waals surface area contributed by atoms with Crippen molar-refractivity contribution in [3.63, 3.8) is 0 Å². The zero-order chi connectivity index (χ0) is 26.7. The Balaban J connectivity index is 2.09. The number of methoxy groups -OCH3 is 1. The molecule has 0 heterocycles. The summed E-state index contributed by atoms with van der Waals surface area (Å²) in [6.07, 6.45) is 5.01. The van der Waals surface area contributed by atoms with Crippen LogP contribution in [0.1, 0.15) is 62.3 Å². The normalized spacial score (nSPS) is 12.8. The van der Waals surface area contributed by atoms with Crippen molar-refractivity contribution in [3.05, 3.63) is 82.0 Å². The Morgan fingerprint density at radius 1 is 1.17 bits per heavy atom. The topological polar surface area (TPSA) is 59.9 Å². The van der Waals surface area contributed by atoms with E-state index in [1.807, 2.05) is 57.2 Å². The van der Waals surface area contributed by atoms with Crippen LogP contribution in [-0.4, -0.2) is 31.6 Å². The highest BCUT2D eigenvalue weighted by atomic mass is 35.5. The van der Waals surface area contributed by atoms with E-state index < -0.39 is 0 Å². The van der Waals surface area contributed by atoms with E-state index in [1.165, 1.54) is 0 Å². The molecule has 1 unspecified atom stereocenters. The summed E-state index contributed by atoms with van der Waals surface area (Å²) in [4.78, 5) is 17.3. The summed E-state index contributed by atoms with van der Waals surface area (Å²) in [6, 6.07) is 11.8. The predicted octanol–water partition coefficient (Wildman–Crippen LogP) is 7.24. The maximum Gasteiger partial charge on any atom is 0.269 e. The summed E-state index contributed by atoms with van der Waals surface area (Å²) in [6.45, 7) is 14.5. The summed E-state index contributed by atoms with van der Waals surface area (Å²) < 4.78 is 11.4. The molecule has 0 spiro atoms. The molecule has 0 aliphatic rings. The fraction of sp³-hybridized carbons (Fsp3) is 0.400. The lowest BCUT2D eigenvalue weighted by Crippen LogP contribution is -2.26. The highest BCUT2D eigenvalue weighted by Crippen LogP contribution is 2.26. The Labute approximate surface area is 221 Å². The van der Waals surface area contributed by atoms with Gasteiger partial charge in [-0.3, -0.25) is 4.79 Å². The molecule has 1 amide bonds. The van der Waals surface area contributed by atoms with Crippen molar-refractivity contribution in [2.24, 2.45) is 4.99 Å². The van der Waals surface area contributed by atoms with E-state index in [1.54, 1.807) is 7.11 Å². The number of carbonyl (C=O) groups excluding carboxylic acids is 1. The summed E-state index contributed by atoms with van der Waals surface area (Å²) in [5.41, 5.74) is 5.59. The van der Waals surface area contributed by atoms with Gasteiger partial charge in [0.1, 0.15) is 11.4 Å². The second-order valence-corrected chi connectivity index (χ2v) is 9.31. The van der Waals surface area contributed by atoms with E-state index in [2.05, 4.69) is 36.8 Å². The van der Waals surface area contributed by atoms with Crippen molar-refractivity contribution in [1.82, 2.24) is 5.32 Å². The lowest BCUT2D eigenvalue weighted by molar-refractivity contribution is -0.117. The standard InChI is InChI=1S/C30H39ClN2O3/c1-8-10-25(27-19-26(31)13-11-20(27)3)15-16-32-30(34)23(6)33-29(36-22(5)9-2)18-24-12-14-28(35-7)21(4)17-24/h10-14,17,19,22H,6,8-9,15-16,18H2,1-5,7H3,(H,32,34)/b25-10-,33-29?. The van der Waals surface area contributed by atoms with Crippen LogP contribution in [0.25, 0.3) is 5.57 Å². The van der Waals surface area contributed by atoms with Crippen LogP contribution in [0.2, 0.25) is 5.02 Å². The molecule has 0 aliphatic carbocycles. The second kappa shape index (κ2) is 14.5. The molecule has 2 rings (SSSR count). The van der Waals surface area contributed by atoms with Crippen LogP contribution >= 0.6 is 11.6 Å². The number of hydrogen-bond acceptors (Lipinski definition) is 4. The van der Waals surface area contributed by atoms with Gasteiger partial charge in [0.15, 0.2) is 5.90 Å². The van der Waals surface area contributed by atoms with Crippen LogP contribution in [0.15, 0.2) is 59.7 Å². The molecular weight excluding hydrogens is 472 g/mol. The molecule has 6 heteroatoms. The quantitative estimate of drug-likeness (QED) is 0.186. The van der Waals surface area contributed by atoms with Gasteiger partial charge in [0, 0.05) is 18.0 Å². The number of nitrogens with one attached hydrogen (secondary N) is 1. The van der Waals surface area contributed by atoms with Gasteiger partial charge in [0.2, 0.25) is 0 Å². The van der Waals surface area contributed by atoms with Crippen molar-refractivity contribution in [2.45, 2.75) is 66.4 Å². The minimum Gasteiger partial charge on any atom is -0.496 e. The first kappa shape index (κ1) is 29.2. The van der Waals surface area contributed by atoms with E-state index in [0.717, 1.165) is 46.4 Å². The molecule has 5 nitrogen and oxygen atoms in total. The predicted molar refractivity (Wildman–Crippen MR) is 151 cm³/mol. The minimum absolute atomic E-state index is 0.0263. The number of ether oxygens (including phenoxy) is 2. The molecule has 0 saturated carbocycles. The average Bonchev–Trinajstić information content (AvgIpc) is 2.84. The van der Waals surface area contributed by atoms with E-state index in [0.29, 0.717) is 30.3 Å². The molecule has 194 valence electrons. The monoisotopic (exact) mass is 510 g/mol. The van der Waals surface area contributed by atoms with Gasteiger partial charge in [-0.15, -0.1) is 0 Å². The number of carbonyl (C=O) groups is 1. The number of aryl methyl sites for hydroxylation is 2. The van der Waals surface area contributed by atoms with Gasteiger partial charge in [0.05, 0.1) is 13.2 Å². The number of amides is 1. The second-order valence-electron chi connectivity index (χ2n) is 8.87. The van der Waals surface area contributed by atoms with Gasteiger partial charge < -0.3 is 14.8 Å². The van der Waals surface area contributed by atoms with Crippen molar-refractivity contribution in [2.75, 3.05) is 13.7 Å². The van der Waals surface area contributed by atoms with Gasteiger partial charge in [-0.05, 0) is 86.1 Å². The maximum absolute atomic E-state index is 12.8. The lowest BCUT2D eigenvalue weighted by Gasteiger charge is -2.16. The van der Waals surface area contributed by atoms with Crippen molar-refractivity contribution < 1.29 is 14.3 Å². The first-order chi connectivity index (χ1) is 17.2. The molecule has 2 aromatic rings. The van der Waals surface area contributed by atoms with Gasteiger partial charge in [-0.2, -0.15) is 0 Å². The number of rotatable bonds is 12. The molecule has 0 aliphatic heterocycles. The van der Waals surface area contributed by atoms with Crippen LogP contribution in [0.4, 0.5) is 0 Å². The summed E-state index contributed by atoms with van der Waals surface area (Å²) in [5.74, 6) is 0.980. The minimum atomic E-state index is -0.315. The van der Waals surface area contributed by atoms with E-state index in [9.17, 15) is 4.79 Å². The largest absolute Gasteiger partial charge is 0.496 e. The molecule has 2 aromatic carbocycles. The molecular formula is C30H39ClN2O3. The number of halogens is 1. The third-order valence-electron chi connectivity index (χ3n) is 5.92. The Morgan fingerprint density at radius 2 is 1.92 bits per heavy atom. The zero-order valence-corrected chi connectivity index (χ0v) is 23.2. The van der Waals surface area contributed by atoms with Gasteiger partial charge in [0.25, 0.3) is 5.91 Å². The van der Waals surface area contributed by atoms with E-state index in [4.69, 9.17) is 21.1 Å². The number of benzene rings is 2. The molecule has 0 aromatic heterocycles. The smallest absolute Gasteiger partial charge is 0.269 e. The molecule has 0 radical (unpaired) electrons. The van der Waals surface area contributed by atoms with Crippen molar-refractivity contribution in [1.29, 1.82) is 0 Å². The van der Waals surface area contributed by atoms with Crippen molar-refractivity contribution in [3.8, 4) is 5.75 Å². The molecule has 36 heavy (non-hydrogen) atoms. The summed E-state index contributed by atoms with van der Waals surface area (Å²) in [7, 11) is 1.65. The first-order valence-corrected chi connectivity index (χ1v) is 12.9. The van der Waals surface area contributed by atoms with Gasteiger partial charge in [-0.25, -0.2) is 4.99 Å². The van der Waals surface area contributed by atoms with Gasteiger partial charge >= 0.3 is 0 Å². The molecule has 1 atom stereocenters. The molecule has 0 fully saturated rings. The Hall–Kier alpha value is -3.05. The number of nitrogens with zero attached hydrogens (tertiary/aromatic N) is 1. The number of aliphatic imine (C=N–C) groups is 1. The Kier molecular flexibility index (Phi) is 11.7. The van der Waals surface area contributed by atoms with Crippen LogP contribution in [0, 0.1) is 13.8 Å². The van der Waals surface area contributed by atoms with E-state index >= 15 is 0 Å². The fourth-order valence-corrected chi connectivity index (χ4v) is 3.97. The summed E-state index contributed by atoms with van der Waals surface area (Å²) >= 11 is 6.22. The first-order valence-electron chi connectivity index (χ1n) is 12.5. The number of allylic oxidation sites excluding steroid dienone is 1. The van der Waals surface area contributed by atoms with E-state index in [-0.39, 0.29) is 17.7 Å². The van der Waals surface area contributed by atoms with Crippen LogP contribution in [0.5, 0.6) is 5.75 Å². The fourth-order valence-electron chi connectivity index (χ4n) is 3.80.